The van der Waals surface area contributed by atoms with Crippen molar-refractivity contribution < 1.29 is 18.3 Å². The topological polar surface area (TPSA) is 38.0 Å². The Hall–Kier alpha value is -1.82. The highest BCUT2D eigenvalue weighted by Crippen LogP contribution is 2.33. The molecule has 20 heavy (non-hydrogen) atoms. The van der Waals surface area contributed by atoms with Crippen molar-refractivity contribution in [1.29, 1.82) is 0 Å². The highest BCUT2D eigenvalue weighted by atomic mass is 19.4. The zero-order valence-corrected chi connectivity index (χ0v) is 11.4. The summed E-state index contributed by atoms with van der Waals surface area (Å²) in [5.41, 5.74) is 1.38. The number of hydrogen-bond donors (Lipinski definition) is 1. The fourth-order valence-electron chi connectivity index (χ4n) is 2.21. The van der Waals surface area contributed by atoms with Crippen molar-refractivity contribution in [3.05, 3.63) is 52.3 Å². The standard InChI is InChI=1S/C14H15F3N2O/c1-8-6-10(14(15,16)17)4-5-11(8)13(20)12-7-19(3)18-9(12)2/h4-7,13,20H,1-3H3. The predicted octanol–water partition coefficient (Wildman–Crippen LogP) is 3.14. The maximum atomic E-state index is 12.6. The van der Waals surface area contributed by atoms with Crippen molar-refractivity contribution >= 4 is 0 Å². The predicted molar refractivity (Wildman–Crippen MR) is 68.2 cm³/mol. The number of aliphatic hydroxyl groups excluding tert-OH is 1. The molecule has 0 aliphatic heterocycles. The van der Waals surface area contributed by atoms with Crippen LogP contribution in [0.2, 0.25) is 0 Å². The quantitative estimate of drug-likeness (QED) is 0.920. The first-order chi connectivity index (χ1) is 9.20. The summed E-state index contributed by atoms with van der Waals surface area (Å²) in [5.74, 6) is 0. The molecule has 0 saturated heterocycles. The third-order valence-electron chi connectivity index (χ3n) is 3.24. The van der Waals surface area contributed by atoms with Gasteiger partial charge in [-0.25, -0.2) is 0 Å². The molecule has 108 valence electrons. The Balaban J connectivity index is 2.41. The van der Waals surface area contributed by atoms with E-state index in [1.165, 1.54) is 6.07 Å². The van der Waals surface area contributed by atoms with Gasteiger partial charge in [-0.1, -0.05) is 6.07 Å². The van der Waals surface area contributed by atoms with E-state index in [4.69, 9.17) is 0 Å². The number of aryl methyl sites for hydroxylation is 3. The van der Waals surface area contributed by atoms with Gasteiger partial charge >= 0.3 is 6.18 Å². The van der Waals surface area contributed by atoms with E-state index in [0.29, 0.717) is 22.4 Å². The number of aliphatic hydroxyl groups is 1. The van der Waals surface area contributed by atoms with E-state index in [1.807, 2.05) is 0 Å². The van der Waals surface area contributed by atoms with Gasteiger partial charge in [0.1, 0.15) is 6.10 Å². The molecule has 2 aromatic rings. The Labute approximate surface area is 114 Å². The van der Waals surface area contributed by atoms with E-state index in [1.54, 1.807) is 31.8 Å². The number of aromatic nitrogens is 2. The second-order valence-electron chi connectivity index (χ2n) is 4.82. The van der Waals surface area contributed by atoms with E-state index in [-0.39, 0.29) is 0 Å². The largest absolute Gasteiger partial charge is 0.416 e. The minimum Gasteiger partial charge on any atom is -0.384 e. The Morgan fingerprint density at radius 3 is 2.30 bits per heavy atom. The van der Waals surface area contributed by atoms with Crippen LogP contribution >= 0.6 is 0 Å². The molecule has 1 N–H and O–H groups in total. The Bertz CT molecular complexity index is 632. The zero-order chi connectivity index (χ0) is 15.1. The van der Waals surface area contributed by atoms with Gasteiger partial charge in [0, 0.05) is 18.8 Å². The fraction of sp³-hybridized carbons (Fsp3) is 0.357. The van der Waals surface area contributed by atoms with Gasteiger partial charge in [-0.3, -0.25) is 4.68 Å². The zero-order valence-electron chi connectivity index (χ0n) is 11.4. The van der Waals surface area contributed by atoms with Gasteiger partial charge in [0.15, 0.2) is 0 Å². The van der Waals surface area contributed by atoms with Crippen LogP contribution in [0.25, 0.3) is 0 Å². The second kappa shape index (κ2) is 4.94. The number of nitrogens with zero attached hydrogens (tertiary/aromatic N) is 2. The number of halogens is 3. The molecule has 0 spiro atoms. The molecule has 0 bridgehead atoms. The molecule has 1 unspecified atom stereocenters. The van der Waals surface area contributed by atoms with Crippen molar-refractivity contribution in [1.82, 2.24) is 9.78 Å². The Morgan fingerprint density at radius 1 is 1.20 bits per heavy atom. The number of benzene rings is 1. The molecule has 1 aromatic carbocycles. The molecule has 3 nitrogen and oxygen atoms in total. The van der Waals surface area contributed by atoms with Gasteiger partial charge in [-0.15, -0.1) is 0 Å². The molecular weight excluding hydrogens is 269 g/mol. The first-order valence-electron chi connectivity index (χ1n) is 6.06. The number of hydrogen-bond acceptors (Lipinski definition) is 2. The van der Waals surface area contributed by atoms with Crippen molar-refractivity contribution in [3.63, 3.8) is 0 Å². The van der Waals surface area contributed by atoms with E-state index in [2.05, 4.69) is 5.10 Å². The van der Waals surface area contributed by atoms with Gasteiger partial charge in [-0.05, 0) is 37.1 Å². The van der Waals surface area contributed by atoms with Gasteiger partial charge in [0.25, 0.3) is 0 Å². The van der Waals surface area contributed by atoms with E-state index >= 15 is 0 Å². The summed E-state index contributed by atoms with van der Waals surface area (Å²) in [6.45, 7) is 3.30. The first kappa shape index (κ1) is 14.6. The third kappa shape index (κ3) is 2.70. The third-order valence-corrected chi connectivity index (χ3v) is 3.24. The number of rotatable bonds is 2. The monoisotopic (exact) mass is 284 g/mol. The average molecular weight is 284 g/mol. The molecule has 1 aromatic heterocycles. The van der Waals surface area contributed by atoms with E-state index in [9.17, 15) is 18.3 Å². The fourth-order valence-corrected chi connectivity index (χ4v) is 2.21. The molecule has 0 aliphatic rings. The normalized spacial score (nSPS) is 13.6. The minimum absolute atomic E-state index is 0.399. The van der Waals surface area contributed by atoms with E-state index in [0.717, 1.165) is 12.1 Å². The minimum atomic E-state index is -4.38. The molecule has 0 fully saturated rings. The first-order valence-corrected chi connectivity index (χ1v) is 6.06. The summed E-state index contributed by atoms with van der Waals surface area (Å²) in [4.78, 5) is 0. The van der Waals surface area contributed by atoms with Crippen LogP contribution in [0.5, 0.6) is 0 Å². The number of alkyl halides is 3. The van der Waals surface area contributed by atoms with Gasteiger partial charge in [0.2, 0.25) is 0 Å². The van der Waals surface area contributed by atoms with Crippen molar-refractivity contribution in [2.45, 2.75) is 26.1 Å². The smallest absolute Gasteiger partial charge is 0.384 e. The van der Waals surface area contributed by atoms with Crippen molar-refractivity contribution in [2.24, 2.45) is 7.05 Å². The van der Waals surface area contributed by atoms with Crippen LogP contribution in [0.4, 0.5) is 13.2 Å². The highest BCUT2D eigenvalue weighted by molar-refractivity contribution is 5.39. The van der Waals surface area contributed by atoms with Crippen molar-refractivity contribution in [3.8, 4) is 0 Å². The lowest BCUT2D eigenvalue weighted by Crippen LogP contribution is -2.08. The van der Waals surface area contributed by atoms with Crippen molar-refractivity contribution in [2.75, 3.05) is 0 Å². The lowest BCUT2D eigenvalue weighted by Gasteiger charge is -2.15. The summed E-state index contributed by atoms with van der Waals surface area (Å²) in [6, 6.07) is 3.34. The summed E-state index contributed by atoms with van der Waals surface area (Å²) >= 11 is 0. The Kier molecular flexibility index (Phi) is 3.60. The van der Waals surface area contributed by atoms with E-state index < -0.39 is 17.8 Å². The summed E-state index contributed by atoms with van der Waals surface area (Å²) < 4.78 is 39.4. The van der Waals surface area contributed by atoms with Crippen LogP contribution in [-0.4, -0.2) is 14.9 Å². The van der Waals surface area contributed by atoms with Gasteiger partial charge < -0.3 is 5.11 Å². The second-order valence-corrected chi connectivity index (χ2v) is 4.82. The van der Waals surface area contributed by atoms with Crippen LogP contribution in [0, 0.1) is 13.8 Å². The van der Waals surface area contributed by atoms with Crippen LogP contribution in [-0.2, 0) is 13.2 Å². The van der Waals surface area contributed by atoms with Crippen LogP contribution in [0.15, 0.2) is 24.4 Å². The lowest BCUT2D eigenvalue weighted by molar-refractivity contribution is -0.137. The molecule has 1 heterocycles. The van der Waals surface area contributed by atoms with Crippen LogP contribution < -0.4 is 0 Å². The molecular formula is C14H15F3N2O. The van der Waals surface area contributed by atoms with Crippen LogP contribution in [0.3, 0.4) is 0 Å². The molecule has 0 amide bonds. The summed E-state index contributed by atoms with van der Waals surface area (Å²) in [5, 5.41) is 14.4. The highest BCUT2D eigenvalue weighted by Gasteiger charge is 2.31. The van der Waals surface area contributed by atoms with Gasteiger partial charge in [0.05, 0.1) is 11.3 Å². The molecule has 0 radical (unpaired) electrons. The lowest BCUT2D eigenvalue weighted by atomic mass is 9.96. The Morgan fingerprint density at radius 2 is 1.85 bits per heavy atom. The van der Waals surface area contributed by atoms with Crippen LogP contribution in [0.1, 0.15) is 34.1 Å². The molecule has 0 aliphatic carbocycles. The maximum Gasteiger partial charge on any atom is 0.416 e. The maximum absolute atomic E-state index is 12.6. The molecule has 6 heteroatoms. The molecule has 0 saturated carbocycles. The molecule has 1 atom stereocenters. The SMILES string of the molecule is Cc1cc(C(F)(F)F)ccc1C(O)c1cn(C)nc1C. The average Bonchev–Trinajstić information content (AvgIpc) is 2.66. The van der Waals surface area contributed by atoms with Gasteiger partial charge in [-0.2, -0.15) is 18.3 Å². The molecule has 2 rings (SSSR count). The summed E-state index contributed by atoms with van der Waals surface area (Å²) in [6.07, 6.45) is -3.69. The summed E-state index contributed by atoms with van der Waals surface area (Å²) in [7, 11) is 1.73.